The number of sulfonamides is 1. The zero-order valence-corrected chi connectivity index (χ0v) is 23.5. The van der Waals surface area contributed by atoms with E-state index in [1.165, 1.54) is 16.1 Å². The molecule has 1 fully saturated rings. The zero-order valence-electron chi connectivity index (χ0n) is 21.9. The lowest BCUT2D eigenvalue weighted by Crippen LogP contribution is -2.62. The molecule has 1 N–H and O–H groups in total. The van der Waals surface area contributed by atoms with Gasteiger partial charge in [-0.3, -0.25) is 9.59 Å². The Morgan fingerprint density at radius 2 is 1.66 bits per heavy atom. The van der Waals surface area contributed by atoms with E-state index >= 15 is 0 Å². The largest absolute Gasteiger partial charge is 0.351 e. The topological polar surface area (TPSA) is 86.8 Å². The van der Waals surface area contributed by atoms with Crippen molar-refractivity contribution in [1.29, 1.82) is 0 Å². The molecule has 2 amide bonds. The minimum absolute atomic E-state index is 0.0272. The molecule has 38 heavy (non-hydrogen) atoms. The van der Waals surface area contributed by atoms with Gasteiger partial charge in [0.25, 0.3) is 0 Å². The summed E-state index contributed by atoms with van der Waals surface area (Å²) < 4.78 is 28.5. The molecule has 0 saturated carbocycles. The molecule has 0 aromatic heterocycles. The number of nitrogens with one attached hydrogen (secondary N) is 1. The molecular weight excluding hydrogens is 522 g/mol. The van der Waals surface area contributed by atoms with Gasteiger partial charge in [0.05, 0.1) is 5.25 Å². The molecule has 0 spiro atoms. The van der Waals surface area contributed by atoms with Crippen molar-refractivity contribution >= 4 is 33.4 Å². The number of carbonyl (C=O) groups is 2. The summed E-state index contributed by atoms with van der Waals surface area (Å²) >= 11 is 5.98. The molecule has 2 atom stereocenters. The minimum Gasteiger partial charge on any atom is -0.351 e. The number of rotatable bonds is 7. The van der Waals surface area contributed by atoms with Crippen molar-refractivity contribution in [2.45, 2.75) is 45.0 Å². The fraction of sp³-hybridized carbons (Fsp3) is 0.379. The first kappa shape index (κ1) is 28.1. The average molecular weight is 556 g/mol. The van der Waals surface area contributed by atoms with Crippen LogP contribution in [0.25, 0.3) is 11.1 Å². The first-order valence-electron chi connectivity index (χ1n) is 12.8. The molecule has 7 nitrogen and oxygen atoms in total. The highest BCUT2D eigenvalue weighted by Gasteiger charge is 2.42. The second-order valence-corrected chi connectivity index (χ2v) is 12.6. The Morgan fingerprint density at radius 3 is 2.21 bits per heavy atom. The summed E-state index contributed by atoms with van der Waals surface area (Å²) in [5.74, 6) is -0.285. The lowest BCUT2D eigenvalue weighted by atomic mass is 9.97. The average Bonchev–Trinajstić information content (AvgIpc) is 2.92. The van der Waals surface area contributed by atoms with Crippen LogP contribution in [0, 0.1) is 5.92 Å². The van der Waals surface area contributed by atoms with Crippen molar-refractivity contribution in [3.05, 3.63) is 82.9 Å². The van der Waals surface area contributed by atoms with Crippen LogP contribution in [0.2, 0.25) is 5.02 Å². The number of halogens is 1. The van der Waals surface area contributed by atoms with E-state index in [-0.39, 0.29) is 32.1 Å². The fourth-order valence-corrected chi connectivity index (χ4v) is 6.72. The summed E-state index contributed by atoms with van der Waals surface area (Å²) in [6.45, 7) is 6.18. The predicted molar refractivity (Wildman–Crippen MR) is 151 cm³/mol. The highest BCUT2D eigenvalue weighted by molar-refractivity contribution is 7.90. The Kier molecular flexibility index (Phi) is 8.75. The number of hydrogen-bond acceptors (Lipinski definition) is 4. The molecule has 4 rings (SSSR count). The summed E-state index contributed by atoms with van der Waals surface area (Å²) in [6, 6.07) is 14.3. The highest BCUT2D eigenvalue weighted by atomic mass is 35.5. The van der Waals surface area contributed by atoms with Crippen LogP contribution in [0.5, 0.6) is 0 Å². The summed E-state index contributed by atoms with van der Waals surface area (Å²) in [5.41, 5.74) is 4.04. The maximum atomic E-state index is 13.6. The van der Waals surface area contributed by atoms with Gasteiger partial charge in [-0.25, -0.2) is 8.42 Å². The van der Waals surface area contributed by atoms with Crippen molar-refractivity contribution in [3.63, 3.8) is 0 Å². The maximum absolute atomic E-state index is 13.6. The molecule has 1 saturated heterocycles. The lowest BCUT2D eigenvalue weighted by molar-refractivity contribution is -0.134. The van der Waals surface area contributed by atoms with E-state index < -0.39 is 27.2 Å². The highest BCUT2D eigenvalue weighted by Crippen LogP contribution is 2.27. The van der Waals surface area contributed by atoms with Crippen LogP contribution in [0.1, 0.15) is 32.8 Å². The summed E-state index contributed by atoms with van der Waals surface area (Å²) in [7, 11) is -3.81. The molecular formula is C29H34ClN3O4S. The van der Waals surface area contributed by atoms with Crippen molar-refractivity contribution in [2.75, 3.05) is 19.6 Å². The second kappa shape index (κ2) is 11.8. The van der Waals surface area contributed by atoms with Crippen molar-refractivity contribution in [3.8, 4) is 11.1 Å². The van der Waals surface area contributed by atoms with E-state index in [9.17, 15) is 18.0 Å². The smallest absolute Gasteiger partial charge is 0.240 e. The van der Waals surface area contributed by atoms with Crippen LogP contribution in [-0.2, 0) is 26.2 Å². The third-order valence-electron chi connectivity index (χ3n) is 7.14. The normalized spacial score (nSPS) is 20.3. The van der Waals surface area contributed by atoms with Gasteiger partial charge in [-0.1, -0.05) is 80.1 Å². The van der Waals surface area contributed by atoms with E-state index in [0.717, 1.165) is 22.3 Å². The summed E-state index contributed by atoms with van der Waals surface area (Å²) in [6.07, 6.45) is 5.92. The number of amides is 2. The summed E-state index contributed by atoms with van der Waals surface area (Å²) in [5, 5.41) is 2.83. The van der Waals surface area contributed by atoms with E-state index in [2.05, 4.69) is 19.2 Å². The standard InChI is InChI=1S/C29H34ClN3O4S/c1-20(2)23-10-14-27(15-11-23)38(36,37)33-17-16-32(21(3)34)19-28(33)29(35)31-18-22-4-6-24(7-5-22)25-8-12-26(30)13-9-25/h4-14,20,27-28H,15-19H2,1-3H3,(H,31,35). The van der Waals surface area contributed by atoms with Crippen molar-refractivity contribution in [2.24, 2.45) is 5.92 Å². The second-order valence-electron chi connectivity index (χ2n) is 10.1. The Labute approximate surface area is 230 Å². The van der Waals surface area contributed by atoms with E-state index in [0.29, 0.717) is 17.4 Å². The molecule has 9 heteroatoms. The number of piperazine rings is 1. The number of nitrogens with zero attached hydrogens (tertiary/aromatic N) is 2. The van der Waals surface area contributed by atoms with Crippen molar-refractivity contribution < 1.29 is 18.0 Å². The molecule has 1 aliphatic carbocycles. The zero-order chi connectivity index (χ0) is 27.4. The Hall–Kier alpha value is -2.94. The maximum Gasteiger partial charge on any atom is 0.240 e. The molecule has 0 bridgehead atoms. The monoisotopic (exact) mass is 555 g/mol. The van der Waals surface area contributed by atoms with Crippen molar-refractivity contribution in [1.82, 2.24) is 14.5 Å². The van der Waals surface area contributed by atoms with Gasteiger partial charge in [0.15, 0.2) is 0 Å². The Morgan fingerprint density at radius 1 is 1.03 bits per heavy atom. The molecule has 1 heterocycles. The molecule has 2 aromatic carbocycles. The van der Waals surface area contributed by atoms with Crippen LogP contribution in [0.15, 0.2) is 72.3 Å². The van der Waals surface area contributed by atoms with E-state index in [4.69, 9.17) is 11.6 Å². The van der Waals surface area contributed by atoms with E-state index in [1.54, 1.807) is 6.08 Å². The van der Waals surface area contributed by atoms with Gasteiger partial charge in [0.2, 0.25) is 21.8 Å². The third-order valence-corrected chi connectivity index (χ3v) is 9.60. The van der Waals surface area contributed by atoms with Crippen LogP contribution in [0.3, 0.4) is 0 Å². The first-order valence-corrected chi connectivity index (χ1v) is 14.7. The third kappa shape index (κ3) is 6.37. The van der Waals surface area contributed by atoms with Gasteiger partial charge in [-0.05, 0) is 46.7 Å². The lowest BCUT2D eigenvalue weighted by Gasteiger charge is -2.40. The summed E-state index contributed by atoms with van der Waals surface area (Å²) in [4.78, 5) is 26.9. The Bertz CT molecular complexity index is 1330. The SMILES string of the molecule is CC(=O)N1CCN(S(=O)(=O)C2C=CC(C(C)C)=CC2)C(C(=O)NCc2ccc(-c3ccc(Cl)cc3)cc2)C1. The number of carbonyl (C=O) groups excluding carboxylic acids is 2. The molecule has 2 unspecified atom stereocenters. The minimum atomic E-state index is -3.81. The number of benzene rings is 2. The Balaban J connectivity index is 1.46. The van der Waals surface area contributed by atoms with Gasteiger partial charge >= 0.3 is 0 Å². The van der Waals surface area contributed by atoms with Crippen LogP contribution >= 0.6 is 11.6 Å². The molecule has 2 aromatic rings. The molecule has 1 aliphatic heterocycles. The number of allylic oxidation sites excluding steroid dienone is 3. The first-order chi connectivity index (χ1) is 18.1. The van der Waals surface area contributed by atoms with Gasteiger partial charge in [0, 0.05) is 38.1 Å². The molecule has 202 valence electrons. The van der Waals surface area contributed by atoms with Gasteiger partial charge < -0.3 is 10.2 Å². The molecule has 2 aliphatic rings. The van der Waals surface area contributed by atoms with Crippen LogP contribution in [0.4, 0.5) is 0 Å². The predicted octanol–water partition coefficient (Wildman–Crippen LogP) is 4.40. The van der Waals surface area contributed by atoms with Gasteiger partial charge in [0.1, 0.15) is 6.04 Å². The van der Waals surface area contributed by atoms with Gasteiger partial charge in [-0.2, -0.15) is 4.31 Å². The van der Waals surface area contributed by atoms with Crippen LogP contribution < -0.4 is 5.32 Å². The molecule has 0 radical (unpaired) electrons. The van der Waals surface area contributed by atoms with E-state index in [1.807, 2.05) is 60.7 Å². The van der Waals surface area contributed by atoms with Gasteiger partial charge in [-0.15, -0.1) is 0 Å². The number of hydrogen-bond donors (Lipinski definition) is 1. The quantitative estimate of drug-likeness (QED) is 0.549. The van der Waals surface area contributed by atoms with Crippen LogP contribution in [-0.4, -0.2) is 60.4 Å². The fourth-order valence-electron chi connectivity index (χ4n) is 4.78.